The van der Waals surface area contributed by atoms with Gasteiger partial charge in [-0.15, -0.1) is 11.6 Å². The van der Waals surface area contributed by atoms with Crippen LogP contribution in [-0.2, 0) is 5.88 Å². The summed E-state index contributed by atoms with van der Waals surface area (Å²) in [5.74, 6) is 0.775. The van der Waals surface area contributed by atoms with Crippen molar-refractivity contribution in [2.24, 2.45) is 0 Å². The topological polar surface area (TPSA) is 38.7 Å². The second-order valence-corrected chi connectivity index (χ2v) is 3.06. The quantitative estimate of drug-likeness (QED) is 0.540. The molecule has 2 aromatic heterocycles. The number of aromatic nitrogens is 3. The minimum atomic E-state index is 0.255. The van der Waals surface area contributed by atoms with Gasteiger partial charge in [-0.25, -0.2) is 9.97 Å². The number of fused-ring (bicyclic) bond motifs is 1. The largest absolute Gasteiger partial charge is 0.251 e. The molecule has 2 heterocycles. The average Bonchev–Trinajstić information content (AvgIpc) is 2.18. The van der Waals surface area contributed by atoms with E-state index in [0.717, 1.165) is 5.52 Å². The van der Waals surface area contributed by atoms with Crippen LogP contribution in [0.1, 0.15) is 5.82 Å². The van der Waals surface area contributed by atoms with E-state index in [0.29, 0.717) is 16.5 Å². The molecule has 2 rings (SSSR count). The molecule has 5 heteroatoms. The first-order valence-electron chi connectivity index (χ1n) is 3.64. The molecule has 0 radical (unpaired) electrons. The van der Waals surface area contributed by atoms with Crippen LogP contribution in [0.4, 0.5) is 0 Å². The second kappa shape index (κ2) is 3.44. The van der Waals surface area contributed by atoms with Crippen molar-refractivity contribution in [3.05, 3.63) is 29.3 Å². The molecule has 0 aromatic carbocycles. The van der Waals surface area contributed by atoms with Crippen LogP contribution in [0.3, 0.4) is 0 Å². The summed E-state index contributed by atoms with van der Waals surface area (Å²) in [6.07, 6.45) is 1.65. The van der Waals surface area contributed by atoms with Gasteiger partial charge in [0.1, 0.15) is 11.3 Å². The van der Waals surface area contributed by atoms with E-state index in [1.165, 1.54) is 0 Å². The molecule has 66 valence electrons. The number of hydrogen-bond acceptors (Lipinski definition) is 3. The van der Waals surface area contributed by atoms with Crippen LogP contribution < -0.4 is 0 Å². The summed E-state index contributed by atoms with van der Waals surface area (Å²) in [7, 11) is 0. The summed E-state index contributed by atoms with van der Waals surface area (Å²) >= 11 is 11.5. The van der Waals surface area contributed by atoms with Gasteiger partial charge in [-0.3, -0.25) is 4.98 Å². The Morgan fingerprint density at radius 2 is 2.15 bits per heavy atom. The van der Waals surface area contributed by atoms with Crippen molar-refractivity contribution < 1.29 is 0 Å². The van der Waals surface area contributed by atoms with E-state index >= 15 is 0 Å². The summed E-state index contributed by atoms with van der Waals surface area (Å²) in [4.78, 5) is 12.2. The SMILES string of the molecule is ClCc1nc(Cl)c2ncccc2n1. The van der Waals surface area contributed by atoms with Crippen LogP contribution >= 0.6 is 23.2 Å². The monoisotopic (exact) mass is 213 g/mol. The Morgan fingerprint density at radius 1 is 1.31 bits per heavy atom. The molecule has 0 amide bonds. The molecule has 0 atom stereocenters. The Kier molecular flexibility index (Phi) is 2.29. The number of halogens is 2. The van der Waals surface area contributed by atoms with E-state index in [-0.39, 0.29) is 5.88 Å². The zero-order valence-electron chi connectivity index (χ0n) is 6.54. The molecule has 0 fully saturated rings. The van der Waals surface area contributed by atoms with Crippen LogP contribution in [0, 0.1) is 0 Å². The predicted octanol–water partition coefficient (Wildman–Crippen LogP) is 2.42. The van der Waals surface area contributed by atoms with Gasteiger partial charge >= 0.3 is 0 Å². The van der Waals surface area contributed by atoms with Gasteiger partial charge in [0, 0.05) is 6.20 Å². The highest BCUT2D eigenvalue weighted by atomic mass is 35.5. The van der Waals surface area contributed by atoms with Gasteiger partial charge in [0.05, 0.1) is 11.4 Å². The van der Waals surface area contributed by atoms with Crippen molar-refractivity contribution >= 4 is 34.2 Å². The molecular formula is C8H5Cl2N3. The zero-order valence-corrected chi connectivity index (χ0v) is 8.05. The number of rotatable bonds is 1. The third-order valence-electron chi connectivity index (χ3n) is 1.58. The first kappa shape index (κ1) is 8.66. The van der Waals surface area contributed by atoms with Gasteiger partial charge < -0.3 is 0 Å². The summed E-state index contributed by atoms with van der Waals surface area (Å²) in [6.45, 7) is 0. The van der Waals surface area contributed by atoms with Gasteiger partial charge in [-0.05, 0) is 12.1 Å². The Hall–Kier alpha value is -0.930. The molecule has 2 aromatic rings. The number of hydrogen-bond donors (Lipinski definition) is 0. The maximum absolute atomic E-state index is 5.87. The molecule has 0 saturated heterocycles. The van der Waals surface area contributed by atoms with Crippen LogP contribution in [0.15, 0.2) is 18.3 Å². The summed E-state index contributed by atoms with van der Waals surface area (Å²) in [5, 5.41) is 0.348. The smallest absolute Gasteiger partial charge is 0.159 e. The van der Waals surface area contributed by atoms with Crippen molar-refractivity contribution in [2.75, 3.05) is 0 Å². The van der Waals surface area contributed by atoms with E-state index < -0.39 is 0 Å². The molecule has 0 spiro atoms. The van der Waals surface area contributed by atoms with E-state index in [4.69, 9.17) is 23.2 Å². The van der Waals surface area contributed by atoms with Crippen LogP contribution in [0.5, 0.6) is 0 Å². The van der Waals surface area contributed by atoms with Gasteiger partial charge in [-0.1, -0.05) is 11.6 Å². The standard InChI is InChI=1S/C8H5Cl2N3/c9-4-6-12-5-2-1-3-11-7(5)8(10)13-6/h1-3H,4H2. The Bertz CT molecular complexity index is 444. The lowest BCUT2D eigenvalue weighted by atomic mass is 10.4. The fourth-order valence-corrected chi connectivity index (χ4v) is 1.40. The van der Waals surface area contributed by atoms with Gasteiger partial charge in [-0.2, -0.15) is 0 Å². The number of nitrogens with zero attached hydrogens (tertiary/aromatic N) is 3. The molecule has 0 aliphatic heterocycles. The van der Waals surface area contributed by atoms with Gasteiger partial charge in [0.15, 0.2) is 5.15 Å². The molecule has 0 aliphatic rings. The Labute approximate surface area is 84.7 Å². The minimum Gasteiger partial charge on any atom is -0.251 e. The van der Waals surface area contributed by atoms with Crippen LogP contribution in [-0.4, -0.2) is 15.0 Å². The maximum atomic E-state index is 5.87. The van der Waals surface area contributed by atoms with E-state index in [9.17, 15) is 0 Å². The Balaban J connectivity index is 2.77. The molecule has 0 N–H and O–H groups in total. The zero-order chi connectivity index (χ0) is 9.26. The Morgan fingerprint density at radius 3 is 2.92 bits per heavy atom. The number of alkyl halides is 1. The first-order valence-corrected chi connectivity index (χ1v) is 4.55. The number of pyridine rings is 1. The van der Waals surface area contributed by atoms with E-state index in [1.807, 2.05) is 6.07 Å². The van der Waals surface area contributed by atoms with Gasteiger partial charge in [0.25, 0.3) is 0 Å². The van der Waals surface area contributed by atoms with E-state index in [1.54, 1.807) is 12.3 Å². The lowest BCUT2D eigenvalue weighted by Gasteiger charge is -1.99. The summed E-state index contributed by atoms with van der Waals surface area (Å²) in [5.41, 5.74) is 1.33. The lowest BCUT2D eigenvalue weighted by Crippen LogP contribution is -1.94. The molecule has 3 nitrogen and oxygen atoms in total. The average molecular weight is 214 g/mol. The van der Waals surface area contributed by atoms with Crippen molar-refractivity contribution in [3.8, 4) is 0 Å². The fourth-order valence-electron chi connectivity index (χ4n) is 1.04. The van der Waals surface area contributed by atoms with E-state index in [2.05, 4.69) is 15.0 Å². The van der Waals surface area contributed by atoms with Crippen LogP contribution in [0.2, 0.25) is 5.15 Å². The summed E-state index contributed by atoms with van der Waals surface area (Å²) in [6, 6.07) is 3.62. The minimum absolute atomic E-state index is 0.255. The molecule has 13 heavy (non-hydrogen) atoms. The third-order valence-corrected chi connectivity index (χ3v) is 2.08. The molecule has 0 saturated carbocycles. The van der Waals surface area contributed by atoms with Crippen molar-refractivity contribution in [2.45, 2.75) is 5.88 Å². The molecule has 0 aliphatic carbocycles. The fraction of sp³-hybridized carbons (Fsp3) is 0.125. The van der Waals surface area contributed by atoms with Crippen molar-refractivity contribution in [1.82, 2.24) is 15.0 Å². The third kappa shape index (κ3) is 1.57. The molecular weight excluding hydrogens is 209 g/mol. The molecule has 0 bridgehead atoms. The van der Waals surface area contributed by atoms with Crippen molar-refractivity contribution in [1.29, 1.82) is 0 Å². The van der Waals surface area contributed by atoms with Gasteiger partial charge in [0.2, 0.25) is 0 Å². The predicted molar refractivity (Wildman–Crippen MR) is 51.9 cm³/mol. The highest BCUT2D eigenvalue weighted by molar-refractivity contribution is 6.33. The van der Waals surface area contributed by atoms with Crippen LogP contribution in [0.25, 0.3) is 11.0 Å². The normalized spacial score (nSPS) is 10.6. The van der Waals surface area contributed by atoms with Crippen molar-refractivity contribution in [3.63, 3.8) is 0 Å². The summed E-state index contributed by atoms with van der Waals surface area (Å²) < 4.78 is 0. The highest BCUT2D eigenvalue weighted by Crippen LogP contribution is 2.17. The lowest BCUT2D eigenvalue weighted by molar-refractivity contribution is 1.06. The molecule has 0 unspecified atom stereocenters. The maximum Gasteiger partial charge on any atom is 0.159 e. The highest BCUT2D eigenvalue weighted by Gasteiger charge is 2.04. The first-order chi connectivity index (χ1) is 6.31. The second-order valence-electron chi connectivity index (χ2n) is 2.44.